The highest BCUT2D eigenvalue weighted by Crippen LogP contribution is 2.33. The van der Waals surface area contributed by atoms with E-state index in [1.807, 2.05) is 6.07 Å². The number of rotatable bonds is 5. The predicted octanol–water partition coefficient (Wildman–Crippen LogP) is 3.27. The molecule has 3 rings (SSSR count). The fourth-order valence-electron chi connectivity index (χ4n) is 2.76. The highest BCUT2D eigenvalue weighted by Gasteiger charge is 2.15. The van der Waals surface area contributed by atoms with E-state index in [1.54, 1.807) is 0 Å². The van der Waals surface area contributed by atoms with Gasteiger partial charge in [-0.15, -0.1) is 0 Å². The monoisotopic (exact) mass is 311 g/mol. The molecule has 2 heterocycles. The zero-order valence-electron chi connectivity index (χ0n) is 12.2. The van der Waals surface area contributed by atoms with Gasteiger partial charge >= 0.3 is 0 Å². The van der Waals surface area contributed by atoms with E-state index in [4.69, 9.17) is 25.8 Å². The molecule has 4 nitrogen and oxygen atoms in total. The molecule has 21 heavy (non-hydrogen) atoms. The fraction of sp³-hybridized carbons (Fsp3) is 0.625. The normalized spacial score (nSPS) is 18.9. The van der Waals surface area contributed by atoms with Crippen molar-refractivity contribution < 1.29 is 14.2 Å². The second-order valence-corrected chi connectivity index (χ2v) is 5.91. The Morgan fingerprint density at radius 1 is 1.24 bits per heavy atom. The molecule has 5 heteroatoms. The first-order valence-electron chi connectivity index (χ1n) is 7.71. The van der Waals surface area contributed by atoms with Crippen LogP contribution in [-0.2, 0) is 15.9 Å². The summed E-state index contributed by atoms with van der Waals surface area (Å²) in [6, 6.07) is 4.02. The Morgan fingerprint density at radius 3 is 2.95 bits per heavy atom. The average molecular weight is 312 g/mol. The average Bonchev–Trinajstić information content (AvgIpc) is 2.53. The van der Waals surface area contributed by atoms with Crippen molar-refractivity contribution in [1.29, 1.82) is 0 Å². The topological polar surface area (TPSA) is 39.7 Å². The molecule has 0 atom stereocenters. The van der Waals surface area contributed by atoms with Gasteiger partial charge in [-0.05, 0) is 37.3 Å². The van der Waals surface area contributed by atoms with Gasteiger partial charge in [0.15, 0.2) is 0 Å². The lowest BCUT2D eigenvalue weighted by atomic mass is 10.1. The molecular weight excluding hydrogens is 290 g/mol. The molecule has 1 aromatic rings. The van der Waals surface area contributed by atoms with E-state index in [-0.39, 0.29) is 0 Å². The highest BCUT2D eigenvalue weighted by atomic mass is 35.5. The molecule has 0 aliphatic carbocycles. The van der Waals surface area contributed by atoms with Crippen LogP contribution in [0.1, 0.15) is 24.8 Å². The van der Waals surface area contributed by atoms with Crippen LogP contribution < -0.4 is 10.1 Å². The van der Waals surface area contributed by atoms with Gasteiger partial charge in [0.25, 0.3) is 0 Å². The van der Waals surface area contributed by atoms with E-state index in [1.165, 1.54) is 5.56 Å². The van der Waals surface area contributed by atoms with E-state index in [2.05, 4.69) is 11.4 Å². The first-order valence-corrected chi connectivity index (χ1v) is 8.09. The first kappa shape index (κ1) is 14.9. The number of hydrogen-bond acceptors (Lipinski definition) is 4. The van der Waals surface area contributed by atoms with Gasteiger partial charge in [-0.1, -0.05) is 11.6 Å². The number of hydrogen-bond donors (Lipinski definition) is 1. The van der Waals surface area contributed by atoms with E-state index in [0.29, 0.717) is 17.7 Å². The molecule has 0 amide bonds. The van der Waals surface area contributed by atoms with Crippen molar-refractivity contribution in [3.63, 3.8) is 0 Å². The van der Waals surface area contributed by atoms with E-state index in [9.17, 15) is 0 Å². The van der Waals surface area contributed by atoms with Gasteiger partial charge in [-0.3, -0.25) is 0 Å². The molecule has 0 spiro atoms. The summed E-state index contributed by atoms with van der Waals surface area (Å²) in [5.74, 6) is 0.926. The molecule has 1 aromatic carbocycles. The Labute approximate surface area is 130 Å². The summed E-state index contributed by atoms with van der Waals surface area (Å²) >= 11 is 6.29. The van der Waals surface area contributed by atoms with Crippen LogP contribution in [0.5, 0.6) is 5.75 Å². The van der Waals surface area contributed by atoms with Gasteiger partial charge < -0.3 is 19.5 Å². The van der Waals surface area contributed by atoms with Crippen LogP contribution in [0.25, 0.3) is 0 Å². The summed E-state index contributed by atoms with van der Waals surface area (Å²) in [7, 11) is 0. The Kier molecular flexibility index (Phi) is 5.22. The first-order chi connectivity index (χ1) is 10.3. The Balaban J connectivity index is 1.48. The molecule has 0 radical (unpaired) electrons. The van der Waals surface area contributed by atoms with Crippen LogP contribution >= 0.6 is 11.6 Å². The number of fused-ring (bicyclic) bond motifs is 1. The number of halogens is 1. The summed E-state index contributed by atoms with van der Waals surface area (Å²) in [6.45, 7) is 3.86. The number of ether oxygens (including phenoxy) is 3. The molecule has 0 bridgehead atoms. The molecule has 2 aliphatic heterocycles. The molecule has 1 fully saturated rings. The van der Waals surface area contributed by atoms with Gasteiger partial charge in [0.05, 0.1) is 30.0 Å². The molecule has 2 aliphatic rings. The smallest absolute Gasteiger partial charge is 0.124 e. The number of aryl methyl sites for hydroxylation is 1. The molecule has 1 N–H and O–H groups in total. The quantitative estimate of drug-likeness (QED) is 0.847. The molecule has 0 saturated carbocycles. The molecule has 0 unspecified atom stereocenters. The third-order valence-electron chi connectivity index (χ3n) is 3.94. The van der Waals surface area contributed by atoms with Crippen molar-refractivity contribution in [2.75, 3.05) is 38.3 Å². The van der Waals surface area contributed by atoms with Crippen molar-refractivity contribution in [1.82, 2.24) is 0 Å². The van der Waals surface area contributed by atoms with Crippen LogP contribution in [0.2, 0.25) is 5.02 Å². The number of benzene rings is 1. The Hall–Kier alpha value is -0.970. The molecule has 0 aromatic heterocycles. The minimum absolute atomic E-state index is 0.341. The Morgan fingerprint density at radius 2 is 2.10 bits per heavy atom. The third kappa shape index (κ3) is 4.02. The maximum atomic E-state index is 6.29. The molecule has 116 valence electrons. The highest BCUT2D eigenvalue weighted by molar-refractivity contribution is 6.33. The number of anilines is 1. The lowest BCUT2D eigenvalue weighted by Crippen LogP contribution is -2.25. The van der Waals surface area contributed by atoms with Crippen LogP contribution in [0.3, 0.4) is 0 Å². The van der Waals surface area contributed by atoms with Crippen LogP contribution in [0.15, 0.2) is 12.1 Å². The van der Waals surface area contributed by atoms with E-state index < -0.39 is 0 Å². The maximum absolute atomic E-state index is 6.29. The summed E-state index contributed by atoms with van der Waals surface area (Å²) in [5, 5.41) is 4.07. The van der Waals surface area contributed by atoms with Crippen molar-refractivity contribution in [2.24, 2.45) is 0 Å². The zero-order chi connectivity index (χ0) is 14.5. The van der Waals surface area contributed by atoms with Gasteiger partial charge in [0, 0.05) is 25.8 Å². The minimum atomic E-state index is 0.341. The van der Waals surface area contributed by atoms with Gasteiger partial charge in [0.1, 0.15) is 5.75 Å². The zero-order valence-corrected chi connectivity index (χ0v) is 13.0. The summed E-state index contributed by atoms with van der Waals surface area (Å²) in [5.41, 5.74) is 2.20. The lowest BCUT2D eigenvalue weighted by molar-refractivity contribution is -0.0283. The van der Waals surface area contributed by atoms with Crippen LogP contribution in [0, 0.1) is 0 Å². The van der Waals surface area contributed by atoms with Gasteiger partial charge in [0.2, 0.25) is 0 Å². The summed E-state index contributed by atoms with van der Waals surface area (Å²) < 4.78 is 16.8. The van der Waals surface area contributed by atoms with E-state index >= 15 is 0 Å². The lowest BCUT2D eigenvalue weighted by Gasteiger charge is -2.23. The predicted molar refractivity (Wildman–Crippen MR) is 83.6 cm³/mol. The van der Waals surface area contributed by atoms with Crippen molar-refractivity contribution in [3.8, 4) is 5.75 Å². The van der Waals surface area contributed by atoms with Crippen molar-refractivity contribution in [2.45, 2.75) is 31.8 Å². The summed E-state index contributed by atoms with van der Waals surface area (Å²) in [4.78, 5) is 0. The number of nitrogens with one attached hydrogen (secondary N) is 1. The van der Waals surface area contributed by atoms with Crippen LogP contribution in [-0.4, -0.2) is 39.1 Å². The van der Waals surface area contributed by atoms with E-state index in [0.717, 1.165) is 63.5 Å². The van der Waals surface area contributed by atoms with Crippen molar-refractivity contribution >= 4 is 17.3 Å². The van der Waals surface area contributed by atoms with Crippen LogP contribution in [0.4, 0.5) is 5.69 Å². The standard InChI is InChI=1S/C16H22ClNO3/c17-14-11-16-12(2-1-6-21-16)10-15(14)18-5-9-20-13-3-7-19-8-4-13/h10-11,13,18H,1-9H2. The largest absolute Gasteiger partial charge is 0.493 e. The SMILES string of the molecule is Clc1cc2c(cc1NCCOC1CCOCC1)CCCO2. The molecular formula is C16H22ClNO3. The fourth-order valence-corrected chi connectivity index (χ4v) is 2.98. The van der Waals surface area contributed by atoms with Gasteiger partial charge in [-0.2, -0.15) is 0 Å². The summed E-state index contributed by atoms with van der Waals surface area (Å²) in [6.07, 6.45) is 4.46. The molecule has 1 saturated heterocycles. The van der Waals surface area contributed by atoms with Crippen molar-refractivity contribution in [3.05, 3.63) is 22.7 Å². The minimum Gasteiger partial charge on any atom is -0.493 e. The third-order valence-corrected chi connectivity index (χ3v) is 4.25. The van der Waals surface area contributed by atoms with Gasteiger partial charge in [-0.25, -0.2) is 0 Å². The second-order valence-electron chi connectivity index (χ2n) is 5.50. The Bertz CT molecular complexity index is 475. The second kappa shape index (κ2) is 7.34. The maximum Gasteiger partial charge on any atom is 0.124 e.